The molecule has 0 radical (unpaired) electrons. The van der Waals surface area contributed by atoms with Crippen LogP contribution in [0.25, 0.3) is 0 Å². The molecule has 1 aliphatic rings. The lowest BCUT2D eigenvalue weighted by atomic mass is 9.71. The largest absolute Gasteiger partial charge is 0.469 e. The van der Waals surface area contributed by atoms with Gasteiger partial charge in [0, 0.05) is 0 Å². The van der Waals surface area contributed by atoms with E-state index in [-0.39, 0.29) is 11.9 Å². The first kappa shape index (κ1) is 11.7. The van der Waals surface area contributed by atoms with Crippen LogP contribution in [0.1, 0.15) is 29.9 Å². The van der Waals surface area contributed by atoms with Crippen LogP contribution in [0.5, 0.6) is 0 Å². The summed E-state index contributed by atoms with van der Waals surface area (Å²) in [5.41, 5.74) is 2.28. The molecular formula is C14H15NO2. The summed E-state index contributed by atoms with van der Waals surface area (Å²) in [7, 11) is 1.43. The molecule has 1 fully saturated rings. The minimum Gasteiger partial charge on any atom is -0.469 e. The van der Waals surface area contributed by atoms with Gasteiger partial charge in [-0.15, -0.1) is 0 Å². The fourth-order valence-corrected chi connectivity index (χ4v) is 2.30. The summed E-state index contributed by atoms with van der Waals surface area (Å²) in [4.78, 5) is 11.3. The molecule has 0 aromatic heterocycles. The van der Waals surface area contributed by atoms with Crippen LogP contribution in [0.4, 0.5) is 0 Å². The fourth-order valence-electron chi connectivity index (χ4n) is 2.30. The molecule has 0 bridgehead atoms. The zero-order valence-electron chi connectivity index (χ0n) is 9.85. The van der Waals surface area contributed by atoms with Crippen molar-refractivity contribution in [1.82, 2.24) is 0 Å². The van der Waals surface area contributed by atoms with E-state index in [0.29, 0.717) is 12.3 Å². The van der Waals surface area contributed by atoms with Gasteiger partial charge in [0.15, 0.2) is 0 Å². The van der Waals surface area contributed by atoms with Crippen molar-refractivity contribution in [1.29, 1.82) is 5.26 Å². The van der Waals surface area contributed by atoms with Crippen LogP contribution >= 0.6 is 0 Å². The van der Waals surface area contributed by atoms with Crippen molar-refractivity contribution in [2.45, 2.75) is 25.2 Å². The van der Waals surface area contributed by atoms with Gasteiger partial charge in [-0.25, -0.2) is 0 Å². The van der Waals surface area contributed by atoms with Crippen LogP contribution < -0.4 is 0 Å². The number of hydrogen-bond acceptors (Lipinski definition) is 3. The van der Waals surface area contributed by atoms with Gasteiger partial charge >= 0.3 is 5.97 Å². The van der Waals surface area contributed by atoms with Gasteiger partial charge in [0.05, 0.1) is 25.5 Å². The van der Waals surface area contributed by atoms with Crippen LogP contribution in [-0.4, -0.2) is 13.1 Å². The highest BCUT2D eigenvalue weighted by molar-refractivity contribution is 5.73. The molecule has 0 spiro atoms. The summed E-state index contributed by atoms with van der Waals surface area (Å²) in [5, 5.41) is 8.66. The van der Waals surface area contributed by atoms with Gasteiger partial charge in [-0.05, 0) is 29.9 Å². The smallest absolute Gasteiger partial charge is 0.308 e. The van der Waals surface area contributed by atoms with Crippen LogP contribution in [0.2, 0.25) is 0 Å². The minimum atomic E-state index is -0.102. The van der Waals surface area contributed by atoms with Crippen molar-refractivity contribution in [2.24, 2.45) is 5.92 Å². The molecular weight excluding hydrogens is 214 g/mol. The third-order valence-electron chi connectivity index (χ3n) is 3.38. The first-order valence-corrected chi connectivity index (χ1v) is 5.78. The molecule has 1 aliphatic carbocycles. The Bertz CT molecular complexity index is 456. The van der Waals surface area contributed by atoms with Gasteiger partial charge in [-0.3, -0.25) is 4.79 Å². The Morgan fingerprint density at radius 1 is 1.53 bits per heavy atom. The summed E-state index contributed by atoms with van der Waals surface area (Å²) in [6, 6.07) is 10.2. The Labute approximate surface area is 101 Å². The normalized spacial score (nSPS) is 22.4. The van der Waals surface area contributed by atoms with Crippen molar-refractivity contribution >= 4 is 5.97 Å². The molecule has 0 saturated heterocycles. The Hall–Kier alpha value is -1.82. The number of nitrogens with zero attached hydrogens (tertiary/aromatic N) is 1. The number of esters is 1. The molecule has 0 heterocycles. The molecule has 0 aliphatic heterocycles. The molecule has 88 valence electrons. The zero-order valence-corrected chi connectivity index (χ0v) is 9.85. The first-order valence-electron chi connectivity index (χ1n) is 5.78. The number of benzene rings is 1. The summed E-state index contributed by atoms with van der Waals surface area (Å²) < 4.78 is 4.72. The van der Waals surface area contributed by atoms with Crippen molar-refractivity contribution in [3.05, 3.63) is 35.4 Å². The molecule has 3 heteroatoms. The summed E-state index contributed by atoms with van der Waals surface area (Å²) in [6.07, 6.45) is 2.17. The zero-order chi connectivity index (χ0) is 12.3. The molecule has 0 amide bonds. The van der Waals surface area contributed by atoms with Gasteiger partial charge in [0.1, 0.15) is 0 Å². The maximum atomic E-state index is 11.3. The second kappa shape index (κ2) is 5.01. The van der Waals surface area contributed by atoms with E-state index in [1.54, 1.807) is 0 Å². The summed E-state index contributed by atoms with van der Waals surface area (Å²) in [5.74, 6) is 0.400. The quantitative estimate of drug-likeness (QED) is 0.748. The summed E-state index contributed by atoms with van der Waals surface area (Å²) in [6.45, 7) is 0. The molecule has 1 aromatic rings. The van der Waals surface area contributed by atoms with Gasteiger partial charge in [0.25, 0.3) is 0 Å². The van der Waals surface area contributed by atoms with E-state index in [1.807, 2.05) is 12.1 Å². The Kier molecular flexibility index (Phi) is 3.43. The van der Waals surface area contributed by atoms with E-state index in [4.69, 9.17) is 10.00 Å². The van der Waals surface area contributed by atoms with Gasteiger partial charge in [-0.1, -0.05) is 24.3 Å². The van der Waals surface area contributed by atoms with Crippen molar-refractivity contribution in [3.8, 4) is 6.07 Å². The highest BCUT2D eigenvalue weighted by atomic mass is 16.5. The Balaban J connectivity index is 1.99. The predicted octanol–water partition coefficient (Wildman–Crippen LogP) is 2.42. The summed E-state index contributed by atoms with van der Waals surface area (Å²) >= 11 is 0. The van der Waals surface area contributed by atoms with E-state index in [1.165, 1.54) is 12.7 Å². The molecule has 1 saturated carbocycles. The average Bonchev–Trinajstić information content (AvgIpc) is 2.28. The SMILES string of the molecule is COC(=O)C1CC(c2cccc(CC#N)c2)C1. The van der Waals surface area contributed by atoms with E-state index in [2.05, 4.69) is 18.2 Å². The second-order valence-corrected chi connectivity index (χ2v) is 4.47. The maximum Gasteiger partial charge on any atom is 0.308 e. The van der Waals surface area contributed by atoms with Crippen LogP contribution in [0, 0.1) is 17.2 Å². The van der Waals surface area contributed by atoms with Crippen LogP contribution in [0.3, 0.4) is 0 Å². The minimum absolute atomic E-state index is 0.0598. The number of hydrogen-bond donors (Lipinski definition) is 0. The first-order chi connectivity index (χ1) is 8.24. The van der Waals surface area contributed by atoms with Crippen LogP contribution in [0.15, 0.2) is 24.3 Å². The van der Waals surface area contributed by atoms with Crippen molar-refractivity contribution < 1.29 is 9.53 Å². The third kappa shape index (κ3) is 2.47. The van der Waals surface area contributed by atoms with E-state index in [9.17, 15) is 4.79 Å². The lowest BCUT2D eigenvalue weighted by Gasteiger charge is -2.33. The highest BCUT2D eigenvalue weighted by Gasteiger charge is 2.35. The van der Waals surface area contributed by atoms with Gasteiger partial charge in [-0.2, -0.15) is 5.26 Å². The topological polar surface area (TPSA) is 50.1 Å². The third-order valence-corrected chi connectivity index (χ3v) is 3.38. The number of methoxy groups -OCH3 is 1. The molecule has 1 aromatic carbocycles. The second-order valence-electron chi connectivity index (χ2n) is 4.47. The standard InChI is InChI=1S/C14H15NO2/c1-17-14(16)13-8-12(9-13)11-4-2-3-10(7-11)5-6-15/h2-4,7,12-13H,5,8-9H2,1H3. The Morgan fingerprint density at radius 2 is 2.29 bits per heavy atom. The van der Waals surface area contributed by atoms with E-state index in [0.717, 1.165) is 18.4 Å². The van der Waals surface area contributed by atoms with Crippen LogP contribution in [-0.2, 0) is 16.0 Å². The molecule has 2 rings (SSSR count). The van der Waals surface area contributed by atoms with E-state index >= 15 is 0 Å². The molecule has 0 atom stereocenters. The highest BCUT2D eigenvalue weighted by Crippen LogP contribution is 2.42. The molecule has 0 N–H and O–H groups in total. The number of rotatable bonds is 3. The van der Waals surface area contributed by atoms with E-state index < -0.39 is 0 Å². The average molecular weight is 229 g/mol. The number of nitriles is 1. The molecule has 17 heavy (non-hydrogen) atoms. The Morgan fingerprint density at radius 3 is 2.94 bits per heavy atom. The number of carbonyl (C=O) groups excluding carboxylic acids is 1. The fraction of sp³-hybridized carbons (Fsp3) is 0.429. The van der Waals surface area contributed by atoms with Gasteiger partial charge in [0.2, 0.25) is 0 Å². The van der Waals surface area contributed by atoms with Crippen molar-refractivity contribution in [2.75, 3.05) is 7.11 Å². The lowest BCUT2D eigenvalue weighted by molar-refractivity contribution is -0.148. The van der Waals surface area contributed by atoms with Gasteiger partial charge < -0.3 is 4.74 Å². The number of ether oxygens (including phenoxy) is 1. The monoisotopic (exact) mass is 229 g/mol. The number of carbonyl (C=O) groups is 1. The predicted molar refractivity (Wildman–Crippen MR) is 63.2 cm³/mol. The molecule has 3 nitrogen and oxygen atoms in total. The van der Waals surface area contributed by atoms with Crippen molar-refractivity contribution in [3.63, 3.8) is 0 Å². The molecule has 0 unspecified atom stereocenters. The maximum absolute atomic E-state index is 11.3. The lowest BCUT2D eigenvalue weighted by Crippen LogP contribution is -2.29.